The van der Waals surface area contributed by atoms with Gasteiger partial charge in [-0.1, -0.05) is 57.6 Å². The molecule has 0 bridgehead atoms. The van der Waals surface area contributed by atoms with Gasteiger partial charge in [0.1, 0.15) is 4.88 Å². The second-order valence-corrected chi connectivity index (χ2v) is 7.42. The molecule has 25 heavy (non-hydrogen) atoms. The van der Waals surface area contributed by atoms with Gasteiger partial charge in [0.05, 0.1) is 17.5 Å². The first kappa shape index (κ1) is 16.0. The van der Waals surface area contributed by atoms with Gasteiger partial charge >= 0.3 is 4.87 Å². The van der Waals surface area contributed by atoms with E-state index >= 15 is 0 Å². The van der Waals surface area contributed by atoms with Crippen molar-refractivity contribution in [2.75, 3.05) is 0 Å². The molecule has 5 nitrogen and oxygen atoms in total. The molecule has 0 radical (unpaired) electrons. The molecule has 0 saturated carbocycles. The lowest BCUT2D eigenvalue weighted by Crippen LogP contribution is -2.22. The maximum absolute atomic E-state index is 12.4. The highest BCUT2D eigenvalue weighted by Crippen LogP contribution is 2.28. The van der Waals surface area contributed by atoms with Gasteiger partial charge in [-0.15, -0.1) is 0 Å². The standard InChI is InChI=1S/C18H11BrN2O3S/c19-11-7-5-10(6-8-11)9-21-17(23)15(25-18(21)24)14-12-3-1-2-4-13(12)20-16(14)22/h1-8,23H,9H2. The van der Waals surface area contributed by atoms with Crippen LogP contribution in [0.1, 0.15) is 10.4 Å². The highest BCUT2D eigenvalue weighted by atomic mass is 79.9. The molecule has 0 saturated heterocycles. The number of fused-ring (bicyclic) bond motifs is 1. The van der Waals surface area contributed by atoms with Crippen molar-refractivity contribution in [3.8, 4) is 5.88 Å². The van der Waals surface area contributed by atoms with Gasteiger partial charge < -0.3 is 5.11 Å². The zero-order chi connectivity index (χ0) is 17.6. The average molecular weight is 415 g/mol. The summed E-state index contributed by atoms with van der Waals surface area (Å²) >= 11 is 4.22. The van der Waals surface area contributed by atoms with E-state index in [1.165, 1.54) is 4.57 Å². The molecule has 0 spiro atoms. The molecule has 1 N–H and O–H groups in total. The maximum Gasteiger partial charge on any atom is 0.310 e. The summed E-state index contributed by atoms with van der Waals surface area (Å²) in [5.74, 6) is -0.637. The van der Waals surface area contributed by atoms with E-state index in [2.05, 4.69) is 20.9 Å². The van der Waals surface area contributed by atoms with E-state index in [1.54, 1.807) is 24.3 Å². The van der Waals surface area contributed by atoms with E-state index in [1.807, 2.05) is 24.3 Å². The van der Waals surface area contributed by atoms with E-state index in [-0.39, 0.29) is 27.7 Å². The number of carbonyl (C=O) groups is 1. The van der Waals surface area contributed by atoms with Crippen LogP contribution in [0.15, 0.2) is 62.8 Å². The lowest BCUT2D eigenvalue weighted by atomic mass is 10.1. The van der Waals surface area contributed by atoms with Crippen LogP contribution in [0.2, 0.25) is 0 Å². The number of hydrogen-bond acceptors (Lipinski definition) is 4. The minimum absolute atomic E-state index is 0.201. The second-order valence-electron chi connectivity index (χ2n) is 5.54. The molecule has 0 unspecified atom stereocenters. The molecule has 1 aromatic heterocycles. The van der Waals surface area contributed by atoms with Crippen molar-refractivity contribution in [2.45, 2.75) is 6.54 Å². The summed E-state index contributed by atoms with van der Waals surface area (Å²) in [4.78, 5) is 28.6. The Kier molecular flexibility index (Phi) is 3.89. The fraction of sp³-hybridized carbons (Fsp3) is 0.0556. The van der Waals surface area contributed by atoms with Crippen molar-refractivity contribution in [1.82, 2.24) is 4.57 Å². The zero-order valence-corrected chi connectivity index (χ0v) is 15.2. The molecule has 0 atom stereocenters. The van der Waals surface area contributed by atoms with Crippen molar-refractivity contribution in [3.05, 3.63) is 83.7 Å². The van der Waals surface area contributed by atoms with E-state index < -0.39 is 5.91 Å². The summed E-state index contributed by atoms with van der Waals surface area (Å²) < 4.78 is 2.20. The third kappa shape index (κ3) is 2.75. The average Bonchev–Trinajstić information content (AvgIpc) is 3.06. The Morgan fingerprint density at radius 1 is 1.08 bits per heavy atom. The molecule has 3 aromatic rings. The van der Waals surface area contributed by atoms with Crippen LogP contribution in [0, 0.1) is 0 Å². The number of hydrogen-bond donors (Lipinski definition) is 1. The predicted octanol–water partition coefficient (Wildman–Crippen LogP) is 1.79. The van der Waals surface area contributed by atoms with Gasteiger partial charge in [0.2, 0.25) is 5.88 Å². The summed E-state index contributed by atoms with van der Waals surface area (Å²) in [6.07, 6.45) is 0. The summed E-state index contributed by atoms with van der Waals surface area (Å²) in [5.41, 5.74) is 1.16. The first-order chi connectivity index (χ1) is 12.0. The number of aromatic nitrogens is 1. The lowest BCUT2D eigenvalue weighted by molar-refractivity contribution is -0.112. The van der Waals surface area contributed by atoms with Crippen LogP contribution < -0.4 is 15.4 Å². The Hall–Kier alpha value is -2.51. The van der Waals surface area contributed by atoms with Gasteiger partial charge in [-0.05, 0) is 23.8 Å². The monoisotopic (exact) mass is 414 g/mol. The molecule has 1 aliphatic heterocycles. The number of amides is 1. The van der Waals surface area contributed by atoms with E-state index in [0.717, 1.165) is 21.4 Å². The summed E-state index contributed by atoms with van der Waals surface area (Å²) in [7, 11) is 0. The SMILES string of the molecule is O=C1N=c2ccccc2=C1c1sc(=O)n(Cc2ccc(Br)cc2)c1O. The fourth-order valence-electron chi connectivity index (χ4n) is 2.75. The number of nitrogens with zero attached hydrogens (tertiary/aromatic N) is 2. The topological polar surface area (TPSA) is 71.7 Å². The molecule has 124 valence electrons. The van der Waals surface area contributed by atoms with Crippen molar-refractivity contribution in [3.63, 3.8) is 0 Å². The summed E-state index contributed by atoms with van der Waals surface area (Å²) in [5, 5.41) is 11.8. The van der Waals surface area contributed by atoms with Crippen molar-refractivity contribution in [1.29, 1.82) is 0 Å². The first-order valence-corrected chi connectivity index (χ1v) is 9.05. The maximum atomic E-state index is 12.4. The van der Waals surface area contributed by atoms with Crippen LogP contribution in [0.4, 0.5) is 0 Å². The number of rotatable bonds is 3. The third-order valence-corrected chi connectivity index (χ3v) is 5.47. The molecule has 1 aliphatic rings. The number of thiazole rings is 1. The third-order valence-electron chi connectivity index (χ3n) is 3.96. The Balaban J connectivity index is 1.85. The highest BCUT2D eigenvalue weighted by molar-refractivity contribution is 9.10. The van der Waals surface area contributed by atoms with Gasteiger partial charge in [-0.2, -0.15) is 0 Å². The van der Waals surface area contributed by atoms with Crippen LogP contribution in [0.25, 0.3) is 5.57 Å². The molecule has 2 heterocycles. The van der Waals surface area contributed by atoms with Gasteiger partial charge in [0, 0.05) is 9.69 Å². The largest absolute Gasteiger partial charge is 0.493 e. The van der Waals surface area contributed by atoms with Crippen LogP contribution in [-0.4, -0.2) is 15.6 Å². The molecule has 2 aromatic carbocycles. The number of halogens is 1. The normalized spacial score (nSPS) is 13.0. The molecule has 1 amide bonds. The number of para-hydroxylation sites is 1. The number of benzene rings is 2. The predicted molar refractivity (Wildman–Crippen MR) is 98.2 cm³/mol. The molecule has 4 rings (SSSR count). The van der Waals surface area contributed by atoms with E-state index in [0.29, 0.717) is 10.6 Å². The summed E-state index contributed by atoms with van der Waals surface area (Å²) in [6, 6.07) is 14.6. The van der Waals surface area contributed by atoms with Gasteiger partial charge in [0.15, 0.2) is 0 Å². The highest BCUT2D eigenvalue weighted by Gasteiger charge is 2.25. The summed E-state index contributed by atoms with van der Waals surface area (Å²) in [6.45, 7) is 0.231. The second kappa shape index (κ2) is 6.09. The molecule has 7 heteroatoms. The van der Waals surface area contributed by atoms with Crippen LogP contribution in [-0.2, 0) is 11.3 Å². The van der Waals surface area contributed by atoms with Gasteiger partial charge in [-0.25, -0.2) is 4.99 Å². The Bertz CT molecular complexity index is 1180. The minimum Gasteiger partial charge on any atom is -0.493 e. The molecular formula is C18H11BrN2O3S. The number of carbonyl (C=O) groups excluding carboxylic acids is 1. The lowest BCUT2D eigenvalue weighted by Gasteiger charge is -2.05. The number of aromatic hydroxyl groups is 1. The van der Waals surface area contributed by atoms with Crippen LogP contribution >= 0.6 is 27.3 Å². The quantitative estimate of drug-likeness (QED) is 0.709. The van der Waals surface area contributed by atoms with E-state index in [9.17, 15) is 14.7 Å². The minimum atomic E-state index is -0.437. The molecular weight excluding hydrogens is 404 g/mol. The van der Waals surface area contributed by atoms with Crippen molar-refractivity contribution >= 4 is 38.7 Å². The van der Waals surface area contributed by atoms with Gasteiger partial charge in [0.25, 0.3) is 5.91 Å². The van der Waals surface area contributed by atoms with Crippen molar-refractivity contribution in [2.24, 2.45) is 4.99 Å². The van der Waals surface area contributed by atoms with Crippen LogP contribution in [0.5, 0.6) is 5.88 Å². The Morgan fingerprint density at radius 3 is 2.56 bits per heavy atom. The Morgan fingerprint density at radius 2 is 1.80 bits per heavy atom. The fourth-order valence-corrected chi connectivity index (χ4v) is 3.96. The van der Waals surface area contributed by atoms with Crippen molar-refractivity contribution < 1.29 is 9.90 Å². The van der Waals surface area contributed by atoms with Gasteiger partial charge in [-0.3, -0.25) is 14.2 Å². The molecule has 0 aliphatic carbocycles. The zero-order valence-electron chi connectivity index (χ0n) is 12.8. The molecule has 0 fully saturated rings. The smallest absolute Gasteiger partial charge is 0.310 e. The van der Waals surface area contributed by atoms with Crippen LogP contribution in [0.3, 0.4) is 0 Å². The van der Waals surface area contributed by atoms with E-state index in [4.69, 9.17) is 0 Å². The first-order valence-electron chi connectivity index (χ1n) is 7.44. The Labute approximate surface area is 154 Å².